The van der Waals surface area contributed by atoms with Crippen LogP contribution in [0.4, 0.5) is 0 Å². The van der Waals surface area contributed by atoms with E-state index in [0.717, 1.165) is 38.9 Å². The van der Waals surface area contributed by atoms with Gasteiger partial charge in [-0.05, 0) is 32.7 Å². The quantitative estimate of drug-likeness (QED) is 0.692. The van der Waals surface area contributed by atoms with Gasteiger partial charge in [-0.1, -0.05) is 0 Å². The first-order valence-corrected chi connectivity index (χ1v) is 8.10. The Hall–Kier alpha value is -0.170. The third kappa shape index (κ3) is 4.91. The van der Waals surface area contributed by atoms with Crippen LogP contribution in [0.2, 0.25) is 0 Å². The van der Waals surface area contributed by atoms with E-state index in [9.17, 15) is 8.42 Å². The zero-order valence-electron chi connectivity index (χ0n) is 10.8. The zero-order chi connectivity index (χ0) is 12.9. The highest BCUT2D eigenvalue weighted by molar-refractivity contribution is 7.88. The van der Waals surface area contributed by atoms with Crippen molar-refractivity contribution in [3.05, 3.63) is 0 Å². The van der Waals surface area contributed by atoms with Crippen LogP contribution in [0.25, 0.3) is 0 Å². The maximum Gasteiger partial charge on any atom is 0.211 e. The van der Waals surface area contributed by atoms with E-state index >= 15 is 0 Å². The average molecular weight is 264 g/mol. The van der Waals surface area contributed by atoms with Crippen molar-refractivity contribution in [3.8, 4) is 0 Å². The normalized spacial score (nSPS) is 24.1. The molecule has 1 atom stereocenters. The zero-order valence-corrected chi connectivity index (χ0v) is 11.6. The van der Waals surface area contributed by atoms with Crippen molar-refractivity contribution in [1.29, 1.82) is 0 Å². The molecule has 5 nitrogen and oxygen atoms in total. The van der Waals surface area contributed by atoms with Gasteiger partial charge in [0.25, 0.3) is 0 Å². The largest absolute Gasteiger partial charge is 0.396 e. The lowest BCUT2D eigenvalue weighted by Gasteiger charge is -2.38. The third-order valence-electron chi connectivity index (χ3n) is 3.21. The van der Waals surface area contributed by atoms with E-state index in [-0.39, 0.29) is 12.6 Å². The van der Waals surface area contributed by atoms with Gasteiger partial charge in [-0.25, -0.2) is 8.42 Å². The van der Waals surface area contributed by atoms with Crippen molar-refractivity contribution in [2.24, 2.45) is 0 Å². The third-order valence-corrected chi connectivity index (χ3v) is 4.60. The van der Waals surface area contributed by atoms with Crippen LogP contribution in [0.15, 0.2) is 0 Å². The number of piperazine rings is 1. The molecule has 1 aliphatic heterocycles. The van der Waals surface area contributed by atoms with E-state index in [1.807, 2.05) is 6.92 Å². The van der Waals surface area contributed by atoms with Crippen LogP contribution < -0.4 is 0 Å². The number of aliphatic hydroxyl groups is 1. The van der Waals surface area contributed by atoms with Gasteiger partial charge in [-0.3, -0.25) is 0 Å². The first-order chi connectivity index (χ1) is 7.95. The summed E-state index contributed by atoms with van der Waals surface area (Å²) in [5.74, 6) is 0. The fourth-order valence-corrected chi connectivity index (χ4v) is 3.47. The number of aliphatic hydroxyl groups excluding tert-OH is 1. The molecule has 0 amide bonds. The lowest BCUT2D eigenvalue weighted by Crippen LogP contribution is -2.53. The second-order valence-corrected chi connectivity index (χ2v) is 6.74. The van der Waals surface area contributed by atoms with Crippen LogP contribution in [0, 0.1) is 0 Å². The Kier molecular flexibility index (Phi) is 5.85. The fraction of sp³-hybridized carbons (Fsp3) is 1.00. The van der Waals surface area contributed by atoms with E-state index in [1.165, 1.54) is 6.26 Å². The molecule has 0 unspecified atom stereocenters. The van der Waals surface area contributed by atoms with Gasteiger partial charge in [0.15, 0.2) is 0 Å². The molecule has 1 heterocycles. The summed E-state index contributed by atoms with van der Waals surface area (Å²) in [6.45, 7) is 5.45. The highest BCUT2D eigenvalue weighted by Gasteiger charge is 2.29. The van der Waals surface area contributed by atoms with Gasteiger partial charge in [-0.15, -0.1) is 0 Å². The van der Waals surface area contributed by atoms with Gasteiger partial charge in [-0.2, -0.15) is 4.31 Å². The minimum atomic E-state index is -3.05. The van der Waals surface area contributed by atoms with Crippen molar-refractivity contribution in [1.82, 2.24) is 9.21 Å². The molecule has 0 spiro atoms. The first kappa shape index (κ1) is 14.9. The molecule has 1 rings (SSSR count). The number of nitrogens with zero attached hydrogens (tertiary/aromatic N) is 2. The van der Waals surface area contributed by atoms with Gasteiger partial charge >= 0.3 is 0 Å². The number of unbranched alkanes of at least 4 members (excludes halogenated alkanes) is 2. The Morgan fingerprint density at radius 3 is 2.47 bits per heavy atom. The van der Waals surface area contributed by atoms with Crippen LogP contribution in [0.5, 0.6) is 0 Å². The Balaban J connectivity index is 2.32. The monoisotopic (exact) mass is 264 g/mol. The van der Waals surface area contributed by atoms with Crippen molar-refractivity contribution in [2.45, 2.75) is 32.2 Å². The molecule has 0 bridgehead atoms. The van der Waals surface area contributed by atoms with Gasteiger partial charge in [0.2, 0.25) is 10.0 Å². The molecule has 0 aromatic rings. The molecule has 0 aliphatic carbocycles. The smallest absolute Gasteiger partial charge is 0.211 e. The van der Waals surface area contributed by atoms with Crippen LogP contribution in [-0.4, -0.2) is 67.8 Å². The summed E-state index contributed by atoms with van der Waals surface area (Å²) in [7, 11) is -3.05. The molecule has 6 heteroatoms. The predicted molar refractivity (Wildman–Crippen MR) is 68.4 cm³/mol. The molecular weight excluding hydrogens is 240 g/mol. The number of rotatable bonds is 6. The standard InChI is InChI=1S/C11H24N2O3S/c1-11-10-12(6-4-3-5-9-14)7-8-13(11)17(2,15)16/h11,14H,3-10H2,1-2H3/t11-/m0/s1. The van der Waals surface area contributed by atoms with E-state index in [2.05, 4.69) is 4.90 Å². The summed E-state index contributed by atoms with van der Waals surface area (Å²) in [5, 5.41) is 8.68. The van der Waals surface area contributed by atoms with Gasteiger partial charge in [0, 0.05) is 32.3 Å². The lowest BCUT2D eigenvalue weighted by atomic mass is 10.2. The van der Waals surface area contributed by atoms with Gasteiger partial charge in [0.1, 0.15) is 0 Å². The molecule has 0 radical (unpaired) electrons. The second kappa shape index (κ2) is 6.68. The second-order valence-electron chi connectivity index (χ2n) is 4.81. The van der Waals surface area contributed by atoms with Crippen molar-refractivity contribution >= 4 is 10.0 Å². The Bertz CT molecular complexity index is 319. The summed E-state index contributed by atoms with van der Waals surface area (Å²) in [6, 6.07) is 0.0663. The highest BCUT2D eigenvalue weighted by atomic mass is 32.2. The summed E-state index contributed by atoms with van der Waals surface area (Å²) < 4.78 is 24.5. The van der Waals surface area contributed by atoms with E-state index in [1.54, 1.807) is 4.31 Å². The SMILES string of the molecule is C[C@H]1CN(CCCCCO)CCN1S(C)(=O)=O. The molecule has 1 aliphatic rings. The average Bonchev–Trinajstić information content (AvgIpc) is 2.23. The Morgan fingerprint density at radius 2 is 1.94 bits per heavy atom. The van der Waals surface area contributed by atoms with Gasteiger partial charge in [0.05, 0.1) is 6.26 Å². The van der Waals surface area contributed by atoms with Crippen LogP contribution >= 0.6 is 0 Å². The molecule has 0 aromatic heterocycles. The van der Waals surface area contributed by atoms with Crippen molar-refractivity contribution < 1.29 is 13.5 Å². The summed E-state index contributed by atoms with van der Waals surface area (Å²) in [4.78, 5) is 2.31. The molecule has 102 valence electrons. The van der Waals surface area contributed by atoms with E-state index in [4.69, 9.17) is 5.11 Å². The minimum Gasteiger partial charge on any atom is -0.396 e. The Morgan fingerprint density at radius 1 is 1.24 bits per heavy atom. The molecule has 0 saturated carbocycles. The van der Waals surface area contributed by atoms with Crippen molar-refractivity contribution in [2.75, 3.05) is 39.0 Å². The number of sulfonamides is 1. The topological polar surface area (TPSA) is 60.9 Å². The maximum atomic E-state index is 11.5. The van der Waals surface area contributed by atoms with Crippen molar-refractivity contribution in [3.63, 3.8) is 0 Å². The first-order valence-electron chi connectivity index (χ1n) is 6.25. The van der Waals surface area contributed by atoms with Crippen LogP contribution in [0.3, 0.4) is 0 Å². The van der Waals surface area contributed by atoms with Crippen LogP contribution in [-0.2, 0) is 10.0 Å². The van der Waals surface area contributed by atoms with Gasteiger partial charge < -0.3 is 10.0 Å². The fourth-order valence-electron chi connectivity index (χ4n) is 2.34. The predicted octanol–water partition coefficient (Wildman–Crippen LogP) is 0.115. The molecular formula is C11H24N2O3S. The highest BCUT2D eigenvalue weighted by Crippen LogP contribution is 2.13. The molecule has 1 N–H and O–H groups in total. The molecule has 1 fully saturated rings. The lowest BCUT2D eigenvalue weighted by molar-refractivity contribution is 0.141. The van der Waals surface area contributed by atoms with Crippen LogP contribution in [0.1, 0.15) is 26.2 Å². The molecule has 17 heavy (non-hydrogen) atoms. The Labute approximate surface area is 104 Å². The molecule has 1 saturated heterocycles. The molecule has 0 aromatic carbocycles. The summed E-state index contributed by atoms with van der Waals surface area (Å²) >= 11 is 0. The maximum absolute atomic E-state index is 11.5. The van der Waals surface area contributed by atoms with E-state index < -0.39 is 10.0 Å². The minimum absolute atomic E-state index is 0.0663. The summed E-state index contributed by atoms with van der Waals surface area (Å²) in [5.41, 5.74) is 0. The number of hydrogen-bond donors (Lipinski definition) is 1. The van der Waals surface area contributed by atoms with E-state index in [0.29, 0.717) is 6.54 Å². The summed E-state index contributed by atoms with van der Waals surface area (Å²) in [6.07, 6.45) is 4.25. The number of hydrogen-bond acceptors (Lipinski definition) is 4.